The van der Waals surface area contributed by atoms with Crippen LogP contribution in [0.5, 0.6) is 0 Å². The predicted octanol–water partition coefficient (Wildman–Crippen LogP) is 3.70. The van der Waals surface area contributed by atoms with Crippen molar-refractivity contribution in [2.24, 2.45) is 5.16 Å². The van der Waals surface area contributed by atoms with Crippen molar-refractivity contribution in [2.45, 2.75) is 38.0 Å². The predicted molar refractivity (Wildman–Crippen MR) is 116 cm³/mol. The zero-order chi connectivity index (χ0) is 21.3. The Bertz CT molecular complexity index is 997. The highest BCUT2D eigenvalue weighted by Crippen LogP contribution is 2.20. The van der Waals surface area contributed by atoms with Gasteiger partial charge in [-0.3, -0.25) is 9.97 Å². The lowest BCUT2D eigenvalue weighted by atomic mass is 9.96. The molecule has 2 heterocycles. The molecule has 7 heteroatoms. The second kappa shape index (κ2) is 10.3. The summed E-state index contributed by atoms with van der Waals surface area (Å²) in [4.78, 5) is 26.3. The lowest BCUT2D eigenvalue weighted by Gasteiger charge is -2.23. The number of ether oxygens (including phenoxy) is 1. The van der Waals surface area contributed by atoms with E-state index >= 15 is 0 Å². The Kier molecular flexibility index (Phi) is 6.85. The molecule has 0 aliphatic carbocycles. The summed E-state index contributed by atoms with van der Waals surface area (Å²) in [6, 6.07) is 19.8. The highest BCUT2D eigenvalue weighted by molar-refractivity contribution is 5.87. The van der Waals surface area contributed by atoms with E-state index in [1.54, 1.807) is 18.6 Å². The summed E-state index contributed by atoms with van der Waals surface area (Å²) in [5.74, 6) is 0. The Balaban J connectivity index is 1.38. The van der Waals surface area contributed by atoms with Crippen LogP contribution in [0.4, 0.5) is 4.79 Å². The minimum absolute atomic E-state index is 0.0546. The molecule has 0 fully saturated rings. The lowest BCUT2D eigenvalue weighted by Crippen LogP contribution is -2.45. The SMILES string of the molecule is O=C(NC(Cc1ccccc1)C1CC(Cc2ccccc2)=NO1)OCc1cnccn1. The zero-order valence-corrected chi connectivity index (χ0v) is 17.1. The molecule has 0 saturated heterocycles. The number of carbonyl (C=O) groups excluding carboxylic acids is 1. The van der Waals surface area contributed by atoms with Crippen molar-refractivity contribution in [1.29, 1.82) is 0 Å². The average molecular weight is 416 g/mol. The summed E-state index contributed by atoms with van der Waals surface area (Å²) in [5.41, 5.74) is 3.83. The van der Waals surface area contributed by atoms with Crippen LogP contribution in [0.2, 0.25) is 0 Å². The number of nitrogens with zero attached hydrogens (tertiary/aromatic N) is 3. The largest absolute Gasteiger partial charge is 0.443 e. The molecule has 2 unspecified atom stereocenters. The molecular weight excluding hydrogens is 392 g/mol. The molecule has 0 saturated carbocycles. The fraction of sp³-hybridized carbons (Fsp3) is 0.250. The Labute approximate surface area is 181 Å². The molecule has 1 aromatic heterocycles. The first-order valence-electron chi connectivity index (χ1n) is 10.2. The van der Waals surface area contributed by atoms with E-state index in [4.69, 9.17) is 9.57 Å². The Morgan fingerprint density at radius 2 is 1.81 bits per heavy atom. The van der Waals surface area contributed by atoms with E-state index < -0.39 is 6.09 Å². The minimum atomic E-state index is -0.522. The number of hydrogen-bond donors (Lipinski definition) is 1. The smallest absolute Gasteiger partial charge is 0.407 e. The molecule has 31 heavy (non-hydrogen) atoms. The van der Waals surface area contributed by atoms with Crippen LogP contribution < -0.4 is 5.32 Å². The van der Waals surface area contributed by atoms with E-state index in [1.165, 1.54) is 5.56 Å². The Morgan fingerprint density at radius 3 is 2.52 bits per heavy atom. The molecule has 158 valence electrons. The van der Waals surface area contributed by atoms with Gasteiger partial charge in [0.15, 0.2) is 6.10 Å². The maximum Gasteiger partial charge on any atom is 0.407 e. The maximum absolute atomic E-state index is 12.5. The highest BCUT2D eigenvalue weighted by atomic mass is 16.6. The molecule has 1 aliphatic heterocycles. The summed E-state index contributed by atoms with van der Waals surface area (Å²) in [7, 11) is 0. The molecule has 0 bridgehead atoms. The van der Waals surface area contributed by atoms with Gasteiger partial charge in [-0.15, -0.1) is 0 Å². The second-order valence-electron chi connectivity index (χ2n) is 7.38. The van der Waals surface area contributed by atoms with Crippen LogP contribution in [0, 0.1) is 0 Å². The third-order valence-electron chi connectivity index (χ3n) is 5.02. The van der Waals surface area contributed by atoms with Gasteiger partial charge in [-0.1, -0.05) is 65.8 Å². The van der Waals surface area contributed by atoms with Gasteiger partial charge in [0.1, 0.15) is 6.61 Å². The second-order valence-corrected chi connectivity index (χ2v) is 7.38. The number of nitrogens with one attached hydrogen (secondary N) is 1. The number of oxime groups is 1. The van der Waals surface area contributed by atoms with Crippen molar-refractivity contribution in [2.75, 3.05) is 0 Å². The van der Waals surface area contributed by atoms with E-state index in [2.05, 4.69) is 32.6 Å². The van der Waals surface area contributed by atoms with Gasteiger partial charge in [0.2, 0.25) is 0 Å². The van der Waals surface area contributed by atoms with Crippen LogP contribution in [0.25, 0.3) is 0 Å². The molecule has 3 aromatic rings. The van der Waals surface area contributed by atoms with Crippen LogP contribution in [0.1, 0.15) is 23.2 Å². The van der Waals surface area contributed by atoms with Gasteiger partial charge >= 0.3 is 6.09 Å². The third-order valence-corrected chi connectivity index (χ3v) is 5.02. The minimum Gasteiger partial charge on any atom is -0.443 e. The lowest BCUT2D eigenvalue weighted by molar-refractivity contribution is 0.0508. The first kappa shape index (κ1) is 20.5. The Morgan fingerprint density at radius 1 is 1.06 bits per heavy atom. The van der Waals surface area contributed by atoms with Crippen molar-refractivity contribution in [3.8, 4) is 0 Å². The van der Waals surface area contributed by atoms with E-state index in [0.29, 0.717) is 18.5 Å². The summed E-state index contributed by atoms with van der Waals surface area (Å²) in [6.45, 7) is 0.0546. The van der Waals surface area contributed by atoms with E-state index in [9.17, 15) is 4.79 Å². The number of aromatic nitrogens is 2. The van der Waals surface area contributed by atoms with Crippen molar-refractivity contribution < 1.29 is 14.4 Å². The fourth-order valence-electron chi connectivity index (χ4n) is 3.48. The number of carbonyl (C=O) groups is 1. The molecule has 0 spiro atoms. The van der Waals surface area contributed by atoms with Crippen LogP contribution in [-0.2, 0) is 29.0 Å². The normalized spacial score (nSPS) is 16.1. The fourth-order valence-corrected chi connectivity index (χ4v) is 3.48. The molecule has 1 amide bonds. The average Bonchev–Trinajstić information content (AvgIpc) is 3.28. The van der Waals surface area contributed by atoms with Crippen molar-refractivity contribution >= 4 is 11.8 Å². The number of amides is 1. The molecule has 0 radical (unpaired) electrons. The summed E-state index contributed by atoms with van der Waals surface area (Å²) in [6.07, 6.45) is 5.91. The third kappa shape index (κ3) is 6.12. The molecule has 2 atom stereocenters. The van der Waals surface area contributed by atoms with E-state index in [-0.39, 0.29) is 18.8 Å². The van der Waals surface area contributed by atoms with Crippen molar-refractivity contribution in [1.82, 2.24) is 15.3 Å². The summed E-state index contributed by atoms with van der Waals surface area (Å²) in [5, 5.41) is 7.24. The first-order chi connectivity index (χ1) is 15.3. The topological polar surface area (TPSA) is 85.7 Å². The quantitative estimate of drug-likeness (QED) is 0.605. The molecule has 7 nitrogen and oxygen atoms in total. The van der Waals surface area contributed by atoms with Crippen LogP contribution in [-0.4, -0.2) is 33.9 Å². The van der Waals surface area contributed by atoms with E-state index in [0.717, 1.165) is 17.7 Å². The molecule has 1 aliphatic rings. The van der Waals surface area contributed by atoms with E-state index in [1.807, 2.05) is 48.5 Å². The van der Waals surface area contributed by atoms with Gasteiger partial charge in [0.05, 0.1) is 23.6 Å². The van der Waals surface area contributed by atoms with Gasteiger partial charge in [0.25, 0.3) is 0 Å². The van der Waals surface area contributed by atoms with Crippen LogP contribution in [0.15, 0.2) is 84.4 Å². The van der Waals surface area contributed by atoms with Crippen LogP contribution in [0.3, 0.4) is 0 Å². The number of alkyl carbamates (subject to hydrolysis) is 1. The van der Waals surface area contributed by atoms with Gasteiger partial charge in [0, 0.05) is 25.2 Å². The van der Waals surface area contributed by atoms with Crippen molar-refractivity contribution in [3.05, 3.63) is 96.1 Å². The number of hydrogen-bond acceptors (Lipinski definition) is 6. The van der Waals surface area contributed by atoms with Gasteiger partial charge in [-0.2, -0.15) is 0 Å². The number of benzene rings is 2. The summed E-state index contributed by atoms with van der Waals surface area (Å²) < 4.78 is 5.33. The zero-order valence-electron chi connectivity index (χ0n) is 17.1. The molecular formula is C24H24N4O3. The molecule has 1 N–H and O–H groups in total. The summed E-state index contributed by atoms with van der Waals surface area (Å²) >= 11 is 0. The van der Waals surface area contributed by atoms with Crippen molar-refractivity contribution in [3.63, 3.8) is 0 Å². The van der Waals surface area contributed by atoms with Gasteiger partial charge < -0.3 is 14.9 Å². The molecule has 2 aromatic carbocycles. The monoisotopic (exact) mass is 416 g/mol. The highest BCUT2D eigenvalue weighted by Gasteiger charge is 2.31. The van der Waals surface area contributed by atoms with Gasteiger partial charge in [-0.05, 0) is 17.5 Å². The first-order valence-corrected chi connectivity index (χ1v) is 10.2. The molecule has 4 rings (SSSR count). The van der Waals surface area contributed by atoms with Crippen LogP contribution >= 0.6 is 0 Å². The van der Waals surface area contributed by atoms with Gasteiger partial charge in [-0.25, -0.2) is 4.79 Å². The number of rotatable bonds is 8. The maximum atomic E-state index is 12.5. The Hall–Kier alpha value is -3.74. The standard InChI is InChI=1S/C24H24N4O3/c29-24(30-17-21-16-25-11-12-26-21)27-22(14-19-9-5-2-6-10-19)23-15-20(28-31-23)13-18-7-3-1-4-8-18/h1-12,16,22-23H,13-15,17H2,(H,27,29).